The molecule has 2 aliphatic rings. The molecule has 2 heterocycles. The third kappa shape index (κ3) is 5.81. The molecule has 1 N–H and O–H groups in total. The van der Waals surface area contributed by atoms with Gasteiger partial charge in [-0.25, -0.2) is 4.79 Å². The Balaban J connectivity index is 1.81. The minimum absolute atomic E-state index is 0.261. The summed E-state index contributed by atoms with van der Waals surface area (Å²) in [6.07, 6.45) is -0.261. The van der Waals surface area contributed by atoms with Crippen molar-refractivity contribution in [1.29, 1.82) is 0 Å². The van der Waals surface area contributed by atoms with Gasteiger partial charge in [-0.15, -0.1) is 0 Å². The third-order valence-corrected chi connectivity index (χ3v) is 5.89. The molecule has 3 rings (SSSR count). The number of benzene rings is 1. The fourth-order valence-corrected chi connectivity index (χ4v) is 4.28. The standard InChI is InChI=1S/C22H35N7O2/c1-16-18(15-27-8-6-24-7-9-27)14-19(25-26-23)17(2)20(16)28-10-12-29(13-11-28)21(30)31-22(3,4)5/h14,24H,6-13,15H2,1-5H3. The number of anilines is 1. The number of hydrogen-bond acceptors (Lipinski definition) is 6. The van der Waals surface area contributed by atoms with Crippen molar-refractivity contribution < 1.29 is 9.53 Å². The Morgan fingerprint density at radius 1 is 1.13 bits per heavy atom. The van der Waals surface area contributed by atoms with Gasteiger partial charge < -0.3 is 19.9 Å². The minimum atomic E-state index is -0.496. The van der Waals surface area contributed by atoms with E-state index in [-0.39, 0.29) is 6.09 Å². The highest BCUT2D eigenvalue weighted by Gasteiger charge is 2.28. The zero-order valence-corrected chi connectivity index (χ0v) is 19.4. The van der Waals surface area contributed by atoms with Gasteiger partial charge in [-0.05, 0) is 62.9 Å². The molecule has 0 aliphatic carbocycles. The van der Waals surface area contributed by atoms with E-state index in [1.54, 1.807) is 4.90 Å². The van der Waals surface area contributed by atoms with Crippen molar-refractivity contribution in [2.75, 3.05) is 57.3 Å². The zero-order chi connectivity index (χ0) is 22.6. The second-order valence-electron chi connectivity index (χ2n) is 9.32. The Morgan fingerprint density at radius 3 is 2.35 bits per heavy atom. The average molecular weight is 430 g/mol. The van der Waals surface area contributed by atoms with Crippen LogP contribution in [0.2, 0.25) is 0 Å². The number of nitrogens with one attached hydrogen (secondary N) is 1. The highest BCUT2D eigenvalue weighted by molar-refractivity contribution is 5.72. The smallest absolute Gasteiger partial charge is 0.410 e. The Labute approximate surface area is 184 Å². The molecule has 0 radical (unpaired) electrons. The molecule has 9 heteroatoms. The van der Waals surface area contributed by atoms with Crippen molar-refractivity contribution >= 4 is 17.5 Å². The summed E-state index contributed by atoms with van der Waals surface area (Å²) in [6.45, 7) is 17.3. The summed E-state index contributed by atoms with van der Waals surface area (Å²) in [5, 5.41) is 7.37. The largest absolute Gasteiger partial charge is 0.444 e. The molecular formula is C22H35N7O2. The summed E-state index contributed by atoms with van der Waals surface area (Å²) in [6, 6.07) is 2.03. The maximum Gasteiger partial charge on any atom is 0.410 e. The van der Waals surface area contributed by atoms with E-state index in [4.69, 9.17) is 10.3 Å². The fraction of sp³-hybridized carbons (Fsp3) is 0.682. The molecule has 2 fully saturated rings. The number of amides is 1. The average Bonchev–Trinajstić information content (AvgIpc) is 2.72. The second kappa shape index (κ2) is 9.77. The predicted molar refractivity (Wildman–Crippen MR) is 123 cm³/mol. The summed E-state index contributed by atoms with van der Waals surface area (Å²) in [5.74, 6) is 0. The van der Waals surface area contributed by atoms with Crippen molar-refractivity contribution in [3.63, 3.8) is 0 Å². The quantitative estimate of drug-likeness (QED) is 0.447. The molecule has 0 spiro atoms. The van der Waals surface area contributed by atoms with E-state index in [9.17, 15) is 4.79 Å². The summed E-state index contributed by atoms with van der Waals surface area (Å²) < 4.78 is 5.52. The van der Waals surface area contributed by atoms with Crippen LogP contribution in [0.25, 0.3) is 10.4 Å². The van der Waals surface area contributed by atoms with Gasteiger partial charge in [-0.1, -0.05) is 5.11 Å². The number of piperazine rings is 2. The van der Waals surface area contributed by atoms with Crippen LogP contribution in [0, 0.1) is 13.8 Å². The lowest BCUT2D eigenvalue weighted by Crippen LogP contribution is -2.50. The van der Waals surface area contributed by atoms with Gasteiger partial charge in [0.1, 0.15) is 5.60 Å². The Kier molecular flexibility index (Phi) is 7.30. The van der Waals surface area contributed by atoms with E-state index in [2.05, 4.69) is 32.1 Å². The summed E-state index contributed by atoms with van der Waals surface area (Å²) in [7, 11) is 0. The number of rotatable bonds is 4. The summed E-state index contributed by atoms with van der Waals surface area (Å²) >= 11 is 0. The van der Waals surface area contributed by atoms with Crippen molar-refractivity contribution in [3.8, 4) is 0 Å². The molecule has 1 aromatic carbocycles. The van der Waals surface area contributed by atoms with Gasteiger partial charge in [-0.2, -0.15) is 0 Å². The first-order chi connectivity index (χ1) is 14.7. The van der Waals surface area contributed by atoms with Crippen LogP contribution in [-0.2, 0) is 11.3 Å². The van der Waals surface area contributed by atoms with E-state index >= 15 is 0 Å². The van der Waals surface area contributed by atoms with Crippen LogP contribution in [0.5, 0.6) is 0 Å². The topological polar surface area (TPSA) is 96.8 Å². The van der Waals surface area contributed by atoms with Gasteiger partial charge >= 0.3 is 6.09 Å². The van der Waals surface area contributed by atoms with E-state index in [1.807, 2.05) is 33.8 Å². The molecule has 9 nitrogen and oxygen atoms in total. The molecule has 31 heavy (non-hydrogen) atoms. The van der Waals surface area contributed by atoms with E-state index in [0.29, 0.717) is 31.9 Å². The van der Waals surface area contributed by atoms with Crippen LogP contribution in [-0.4, -0.2) is 73.9 Å². The molecule has 0 aromatic heterocycles. The number of ether oxygens (including phenoxy) is 1. The molecule has 2 aliphatic heterocycles. The number of azide groups is 1. The number of carbonyl (C=O) groups is 1. The SMILES string of the molecule is Cc1c(CN2CCNCC2)cc(N=[N+]=[N-])c(C)c1N1CCN(C(=O)OC(C)(C)C)CC1. The van der Waals surface area contributed by atoms with E-state index < -0.39 is 5.60 Å². The van der Waals surface area contributed by atoms with Gasteiger partial charge in [0.15, 0.2) is 0 Å². The summed E-state index contributed by atoms with van der Waals surface area (Å²) in [4.78, 5) is 22.0. The molecule has 0 unspecified atom stereocenters. The van der Waals surface area contributed by atoms with Gasteiger partial charge in [0.25, 0.3) is 0 Å². The monoisotopic (exact) mass is 429 g/mol. The van der Waals surface area contributed by atoms with Crippen LogP contribution in [0.15, 0.2) is 11.2 Å². The molecular weight excluding hydrogens is 394 g/mol. The first-order valence-corrected chi connectivity index (χ1v) is 11.0. The molecule has 0 bridgehead atoms. The number of carbonyl (C=O) groups excluding carboxylic acids is 1. The lowest BCUT2D eigenvalue weighted by atomic mass is 9.98. The molecule has 0 atom stereocenters. The van der Waals surface area contributed by atoms with Gasteiger partial charge in [0, 0.05) is 75.2 Å². The first-order valence-electron chi connectivity index (χ1n) is 11.0. The van der Waals surface area contributed by atoms with Crippen LogP contribution in [0.1, 0.15) is 37.5 Å². The van der Waals surface area contributed by atoms with Crippen molar-refractivity contribution in [1.82, 2.24) is 15.1 Å². The van der Waals surface area contributed by atoms with Crippen LogP contribution < -0.4 is 10.2 Å². The Morgan fingerprint density at radius 2 is 1.77 bits per heavy atom. The second-order valence-corrected chi connectivity index (χ2v) is 9.32. The van der Waals surface area contributed by atoms with Crippen molar-refractivity contribution in [3.05, 3.63) is 33.2 Å². The van der Waals surface area contributed by atoms with E-state index in [1.165, 1.54) is 11.1 Å². The van der Waals surface area contributed by atoms with Crippen LogP contribution in [0.3, 0.4) is 0 Å². The first kappa shape index (κ1) is 23.2. The summed E-state index contributed by atoms with van der Waals surface area (Å²) in [5.41, 5.74) is 13.8. The molecule has 1 aromatic rings. The van der Waals surface area contributed by atoms with E-state index in [0.717, 1.165) is 44.0 Å². The zero-order valence-electron chi connectivity index (χ0n) is 19.4. The highest BCUT2D eigenvalue weighted by atomic mass is 16.6. The van der Waals surface area contributed by atoms with Crippen LogP contribution >= 0.6 is 0 Å². The van der Waals surface area contributed by atoms with Gasteiger partial charge in [0.05, 0.1) is 0 Å². The van der Waals surface area contributed by atoms with Crippen molar-refractivity contribution in [2.45, 2.75) is 46.8 Å². The number of hydrogen-bond donors (Lipinski definition) is 1. The lowest BCUT2D eigenvalue weighted by molar-refractivity contribution is 0.0240. The number of nitrogens with zero attached hydrogens (tertiary/aromatic N) is 6. The fourth-order valence-electron chi connectivity index (χ4n) is 4.28. The normalized spacial score (nSPS) is 18.0. The van der Waals surface area contributed by atoms with Crippen molar-refractivity contribution in [2.24, 2.45) is 5.11 Å². The third-order valence-electron chi connectivity index (χ3n) is 5.89. The predicted octanol–water partition coefficient (Wildman–Crippen LogP) is 3.71. The maximum absolute atomic E-state index is 12.4. The van der Waals surface area contributed by atoms with Crippen LogP contribution in [0.4, 0.5) is 16.2 Å². The van der Waals surface area contributed by atoms with Gasteiger partial charge in [-0.3, -0.25) is 4.90 Å². The molecule has 0 saturated carbocycles. The molecule has 2 saturated heterocycles. The highest BCUT2D eigenvalue weighted by Crippen LogP contribution is 2.36. The minimum Gasteiger partial charge on any atom is -0.444 e. The Bertz CT molecular complexity index is 844. The molecule has 1 amide bonds. The maximum atomic E-state index is 12.4. The Hall–Kier alpha value is -2.48. The van der Waals surface area contributed by atoms with Gasteiger partial charge in [0.2, 0.25) is 0 Å². The lowest BCUT2D eigenvalue weighted by Gasteiger charge is -2.39. The molecule has 170 valence electrons.